The number of sulfonamides is 1. The number of carbonyl (C=O) groups is 1. The molecular weight excluding hydrogens is 362 g/mol. The van der Waals surface area contributed by atoms with Crippen molar-refractivity contribution in [2.45, 2.75) is 19.0 Å². The first-order chi connectivity index (χ1) is 13.0. The highest BCUT2D eigenvalue weighted by Crippen LogP contribution is 2.17. The molecule has 0 unspecified atom stereocenters. The second kappa shape index (κ2) is 8.16. The van der Waals surface area contributed by atoms with Crippen molar-refractivity contribution in [2.75, 3.05) is 6.54 Å². The number of carbonyl (C=O) groups excluding carboxylic acids is 1. The smallest absolute Gasteiger partial charge is 0.241 e. The lowest BCUT2D eigenvalue weighted by Gasteiger charge is -2.17. The minimum Gasteiger partial charge on any atom is -0.337 e. The third kappa shape index (κ3) is 5.03. The molecule has 0 aliphatic carbocycles. The molecule has 1 aliphatic heterocycles. The van der Waals surface area contributed by atoms with Crippen LogP contribution in [0.15, 0.2) is 60.0 Å². The van der Waals surface area contributed by atoms with Gasteiger partial charge in [0, 0.05) is 18.5 Å². The fraction of sp³-hybridized carbons (Fsp3) is 0.200. The van der Waals surface area contributed by atoms with Crippen LogP contribution in [-0.2, 0) is 21.4 Å². The van der Waals surface area contributed by atoms with E-state index in [-0.39, 0.29) is 5.91 Å². The standard InChI is InChI=1S/C20H19N3O3S/c21-14-17-7-4-8-18(13-17)15-23-11-9-19(20(23)24)22-27(25,26)12-10-16-5-2-1-3-6-16/h1-8,10,12-13,19,22H,9,11,15H2/t19-/m0/s1. The van der Waals surface area contributed by atoms with Crippen LogP contribution in [0.25, 0.3) is 6.08 Å². The number of nitrogens with one attached hydrogen (secondary N) is 1. The third-order valence-electron chi connectivity index (χ3n) is 4.27. The van der Waals surface area contributed by atoms with E-state index in [4.69, 9.17) is 5.26 Å². The van der Waals surface area contributed by atoms with E-state index in [1.165, 1.54) is 6.08 Å². The van der Waals surface area contributed by atoms with E-state index >= 15 is 0 Å². The largest absolute Gasteiger partial charge is 0.337 e. The third-order valence-corrected chi connectivity index (χ3v) is 5.38. The number of likely N-dealkylation sites (tertiary alicyclic amines) is 1. The average molecular weight is 381 g/mol. The van der Waals surface area contributed by atoms with Crippen LogP contribution in [-0.4, -0.2) is 31.8 Å². The van der Waals surface area contributed by atoms with E-state index in [0.29, 0.717) is 25.1 Å². The van der Waals surface area contributed by atoms with E-state index in [0.717, 1.165) is 16.5 Å². The molecule has 0 aromatic heterocycles. The maximum absolute atomic E-state index is 12.5. The number of hydrogen-bond donors (Lipinski definition) is 1. The van der Waals surface area contributed by atoms with Gasteiger partial charge in [0.05, 0.1) is 11.6 Å². The molecule has 0 radical (unpaired) electrons. The second-order valence-corrected chi connectivity index (χ2v) is 7.89. The summed E-state index contributed by atoms with van der Waals surface area (Å²) in [6, 6.07) is 17.4. The van der Waals surface area contributed by atoms with Gasteiger partial charge < -0.3 is 4.90 Å². The molecule has 1 amide bonds. The normalized spacial score (nSPS) is 17.4. The summed E-state index contributed by atoms with van der Waals surface area (Å²) in [4.78, 5) is 14.1. The van der Waals surface area contributed by atoms with Crippen LogP contribution < -0.4 is 4.72 Å². The van der Waals surface area contributed by atoms with Gasteiger partial charge in [-0.2, -0.15) is 9.98 Å². The Morgan fingerprint density at radius 3 is 2.70 bits per heavy atom. The van der Waals surface area contributed by atoms with E-state index < -0.39 is 16.1 Å². The van der Waals surface area contributed by atoms with Crippen molar-refractivity contribution in [1.29, 1.82) is 5.26 Å². The Labute approximate surface area is 158 Å². The number of rotatable bonds is 6. The van der Waals surface area contributed by atoms with E-state index in [1.807, 2.05) is 24.3 Å². The molecule has 27 heavy (non-hydrogen) atoms. The molecule has 1 fully saturated rings. The summed E-state index contributed by atoms with van der Waals surface area (Å²) in [7, 11) is -3.72. The molecule has 0 bridgehead atoms. The lowest BCUT2D eigenvalue weighted by Crippen LogP contribution is -2.40. The van der Waals surface area contributed by atoms with Gasteiger partial charge in [-0.25, -0.2) is 8.42 Å². The lowest BCUT2D eigenvalue weighted by molar-refractivity contribution is -0.129. The van der Waals surface area contributed by atoms with Gasteiger partial charge in [-0.05, 0) is 35.8 Å². The summed E-state index contributed by atoms with van der Waals surface area (Å²) < 4.78 is 27.0. The van der Waals surface area contributed by atoms with Crippen molar-refractivity contribution >= 4 is 22.0 Å². The van der Waals surface area contributed by atoms with Crippen molar-refractivity contribution < 1.29 is 13.2 Å². The van der Waals surface area contributed by atoms with Gasteiger partial charge in [0.1, 0.15) is 6.04 Å². The Balaban J connectivity index is 1.62. The van der Waals surface area contributed by atoms with Crippen molar-refractivity contribution in [2.24, 2.45) is 0 Å². The number of hydrogen-bond acceptors (Lipinski definition) is 4. The predicted octanol–water partition coefficient (Wildman–Crippen LogP) is 2.25. The van der Waals surface area contributed by atoms with Crippen molar-refractivity contribution in [1.82, 2.24) is 9.62 Å². The number of benzene rings is 2. The topological polar surface area (TPSA) is 90.3 Å². The Hall–Kier alpha value is -2.95. The van der Waals surface area contributed by atoms with Gasteiger partial charge in [-0.1, -0.05) is 42.5 Å². The van der Waals surface area contributed by atoms with Crippen molar-refractivity contribution in [3.63, 3.8) is 0 Å². The number of amides is 1. The molecular formula is C20H19N3O3S. The zero-order valence-electron chi connectivity index (χ0n) is 14.6. The minimum atomic E-state index is -3.72. The molecule has 1 saturated heterocycles. The average Bonchev–Trinajstić information content (AvgIpc) is 3.00. The number of nitriles is 1. The molecule has 1 aliphatic rings. The fourth-order valence-corrected chi connectivity index (χ4v) is 3.96. The molecule has 0 spiro atoms. The molecule has 0 saturated carbocycles. The SMILES string of the molecule is N#Cc1cccc(CN2CC[C@H](NS(=O)(=O)C=Cc3ccccc3)C2=O)c1. The van der Waals surface area contributed by atoms with E-state index in [2.05, 4.69) is 10.8 Å². The monoisotopic (exact) mass is 381 g/mol. The summed E-state index contributed by atoms with van der Waals surface area (Å²) in [6.45, 7) is 0.817. The first-order valence-electron chi connectivity index (χ1n) is 8.50. The molecule has 1 atom stereocenters. The molecule has 1 heterocycles. The summed E-state index contributed by atoms with van der Waals surface area (Å²) >= 11 is 0. The Kier molecular flexibility index (Phi) is 5.69. The Morgan fingerprint density at radius 2 is 1.96 bits per heavy atom. The molecule has 3 rings (SSSR count). The first-order valence-corrected chi connectivity index (χ1v) is 10.0. The fourth-order valence-electron chi connectivity index (χ4n) is 2.93. The predicted molar refractivity (Wildman–Crippen MR) is 103 cm³/mol. The first kappa shape index (κ1) is 18.8. The van der Waals surface area contributed by atoms with Crippen LogP contribution in [0.3, 0.4) is 0 Å². The maximum atomic E-state index is 12.5. The Bertz CT molecular complexity index is 995. The van der Waals surface area contributed by atoms with Crippen molar-refractivity contribution in [3.05, 3.63) is 76.7 Å². The zero-order valence-corrected chi connectivity index (χ0v) is 15.4. The summed E-state index contributed by atoms with van der Waals surface area (Å²) in [6.07, 6.45) is 1.90. The molecule has 1 N–H and O–H groups in total. The van der Waals surface area contributed by atoms with Gasteiger partial charge in [0.15, 0.2) is 0 Å². The van der Waals surface area contributed by atoms with E-state index in [1.54, 1.807) is 35.2 Å². The van der Waals surface area contributed by atoms with Gasteiger partial charge in [0.2, 0.25) is 15.9 Å². The van der Waals surface area contributed by atoms with Crippen LogP contribution in [0.4, 0.5) is 0 Å². The van der Waals surface area contributed by atoms with Crippen LogP contribution in [0, 0.1) is 11.3 Å². The van der Waals surface area contributed by atoms with Crippen molar-refractivity contribution in [3.8, 4) is 6.07 Å². The van der Waals surface area contributed by atoms with E-state index in [9.17, 15) is 13.2 Å². The van der Waals surface area contributed by atoms with Gasteiger partial charge >= 0.3 is 0 Å². The zero-order chi connectivity index (χ0) is 19.3. The molecule has 6 nitrogen and oxygen atoms in total. The number of nitrogens with zero attached hydrogens (tertiary/aromatic N) is 2. The Morgan fingerprint density at radius 1 is 1.19 bits per heavy atom. The van der Waals surface area contributed by atoms with Crippen LogP contribution >= 0.6 is 0 Å². The highest BCUT2D eigenvalue weighted by atomic mass is 32.2. The van der Waals surface area contributed by atoms with Gasteiger partial charge in [0.25, 0.3) is 0 Å². The highest BCUT2D eigenvalue weighted by molar-refractivity contribution is 7.92. The minimum absolute atomic E-state index is 0.256. The van der Waals surface area contributed by atoms with Gasteiger partial charge in [-0.15, -0.1) is 0 Å². The second-order valence-electron chi connectivity index (χ2n) is 6.29. The lowest BCUT2D eigenvalue weighted by atomic mass is 10.1. The van der Waals surface area contributed by atoms with Gasteiger partial charge in [-0.3, -0.25) is 4.79 Å². The molecule has 7 heteroatoms. The molecule has 2 aromatic carbocycles. The quantitative estimate of drug-likeness (QED) is 0.831. The maximum Gasteiger partial charge on any atom is 0.241 e. The summed E-state index contributed by atoms with van der Waals surface area (Å²) in [5.74, 6) is -0.256. The molecule has 138 valence electrons. The van der Waals surface area contributed by atoms with Crippen LogP contribution in [0.5, 0.6) is 0 Å². The molecule has 2 aromatic rings. The summed E-state index contributed by atoms with van der Waals surface area (Å²) in [5, 5.41) is 10.0. The highest BCUT2D eigenvalue weighted by Gasteiger charge is 2.33. The van der Waals surface area contributed by atoms with Crippen LogP contribution in [0.2, 0.25) is 0 Å². The summed E-state index contributed by atoms with van der Waals surface area (Å²) in [5.41, 5.74) is 2.14. The van der Waals surface area contributed by atoms with Crippen LogP contribution in [0.1, 0.15) is 23.1 Å².